The summed E-state index contributed by atoms with van der Waals surface area (Å²) in [5.41, 5.74) is 0.0167. The summed E-state index contributed by atoms with van der Waals surface area (Å²) < 4.78 is 60.6. The number of hydrogen-bond acceptors (Lipinski definition) is 6. The quantitative estimate of drug-likeness (QED) is 0.784. The van der Waals surface area contributed by atoms with Crippen LogP contribution in [-0.4, -0.2) is 55.3 Å². The van der Waals surface area contributed by atoms with Crippen LogP contribution in [0.4, 0.5) is 18.3 Å². The van der Waals surface area contributed by atoms with E-state index in [-0.39, 0.29) is 24.0 Å². The largest absolute Gasteiger partial charge is 0.416 e. The molecule has 1 aromatic heterocycles. The topological polar surface area (TPSA) is 79.4 Å². The molecule has 3 rings (SSSR count). The number of thiazole rings is 1. The van der Waals surface area contributed by atoms with Crippen LogP contribution in [0.5, 0.6) is 0 Å². The van der Waals surface area contributed by atoms with Gasteiger partial charge in [0.2, 0.25) is 5.91 Å². The Labute approximate surface area is 164 Å². The van der Waals surface area contributed by atoms with E-state index in [1.54, 1.807) is 11.1 Å². The summed E-state index contributed by atoms with van der Waals surface area (Å²) in [7, 11) is -2.99. The van der Waals surface area contributed by atoms with E-state index in [0.717, 1.165) is 17.0 Å². The minimum Gasteiger partial charge on any atom is -0.301 e. The summed E-state index contributed by atoms with van der Waals surface area (Å²) >= 11 is 1.25. The number of hydrogen-bond donors (Lipinski definition) is 1. The molecule has 1 fully saturated rings. The fraction of sp³-hybridized carbons (Fsp3) is 0.412. The first-order valence-corrected chi connectivity index (χ1v) is 11.1. The fourth-order valence-electron chi connectivity index (χ4n) is 2.73. The maximum atomic E-state index is 12.6. The Balaban J connectivity index is 1.52. The van der Waals surface area contributed by atoms with Crippen LogP contribution < -0.4 is 5.32 Å². The highest BCUT2D eigenvalue weighted by Gasteiger charge is 2.30. The van der Waals surface area contributed by atoms with E-state index in [1.165, 1.54) is 23.5 Å². The van der Waals surface area contributed by atoms with Crippen molar-refractivity contribution in [1.29, 1.82) is 0 Å². The number of carbonyl (C=O) groups is 1. The monoisotopic (exact) mass is 433 g/mol. The zero-order chi connectivity index (χ0) is 20.4. The maximum absolute atomic E-state index is 12.6. The van der Waals surface area contributed by atoms with Crippen molar-refractivity contribution in [2.45, 2.75) is 12.6 Å². The molecule has 152 valence electrons. The number of alkyl halides is 3. The number of nitrogens with one attached hydrogen (secondary N) is 1. The van der Waals surface area contributed by atoms with Gasteiger partial charge in [-0.1, -0.05) is 12.1 Å². The third-order valence-electron chi connectivity index (χ3n) is 4.26. The highest BCUT2D eigenvalue weighted by Crippen LogP contribution is 2.29. The Bertz CT molecular complexity index is 927. The highest BCUT2D eigenvalue weighted by atomic mass is 32.2. The van der Waals surface area contributed by atoms with Crippen LogP contribution in [0.1, 0.15) is 16.0 Å². The molecule has 0 aliphatic carbocycles. The molecule has 1 saturated heterocycles. The van der Waals surface area contributed by atoms with Gasteiger partial charge >= 0.3 is 6.18 Å². The second kappa shape index (κ2) is 8.18. The number of amides is 1. The zero-order valence-electron chi connectivity index (χ0n) is 14.7. The van der Waals surface area contributed by atoms with E-state index in [0.29, 0.717) is 30.2 Å². The Morgan fingerprint density at radius 2 is 1.82 bits per heavy atom. The van der Waals surface area contributed by atoms with E-state index in [1.807, 2.05) is 0 Å². The van der Waals surface area contributed by atoms with E-state index in [2.05, 4.69) is 10.3 Å². The summed E-state index contributed by atoms with van der Waals surface area (Å²) in [4.78, 5) is 18.8. The number of nitrogens with zero attached hydrogens (tertiary/aromatic N) is 2. The molecule has 0 saturated carbocycles. The lowest BCUT2D eigenvalue weighted by atomic mass is 10.1. The number of anilines is 1. The maximum Gasteiger partial charge on any atom is 0.416 e. The molecular weight excluding hydrogens is 415 g/mol. The summed E-state index contributed by atoms with van der Waals surface area (Å²) in [6, 6.07) is 4.92. The van der Waals surface area contributed by atoms with E-state index in [9.17, 15) is 26.4 Å². The van der Waals surface area contributed by atoms with Crippen LogP contribution in [0.3, 0.4) is 0 Å². The van der Waals surface area contributed by atoms with Gasteiger partial charge in [0.1, 0.15) is 0 Å². The zero-order valence-corrected chi connectivity index (χ0v) is 16.3. The van der Waals surface area contributed by atoms with Gasteiger partial charge in [0, 0.05) is 30.6 Å². The minimum atomic E-state index is -4.36. The molecule has 2 aromatic rings. The van der Waals surface area contributed by atoms with Gasteiger partial charge in [0.05, 0.1) is 23.6 Å². The molecule has 28 heavy (non-hydrogen) atoms. The highest BCUT2D eigenvalue weighted by molar-refractivity contribution is 7.91. The van der Waals surface area contributed by atoms with Gasteiger partial charge in [0.25, 0.3) is 0 Å². The lowest BCUT2D eigenvalue weighted by Gasteiger charge is -2.25. The summed E-state index contributed by atoms with van der Waals surface area (Å²) in [5, 5.41) is 3.07. The molecule has 0 unspecified atom stereocenters. The number of halogens is 3. The van der Waals surface area contributed by atoms with Crippen LogP contribution in [0.15, 0.2) is 30.5 Å². The Morgan fingerprint density at radius 3 is 2.43 bits per heavy atom. The summed E-state index contributed by atoms with van der Waals surface area (Å²) in [6.45, 7) is 0.739. The van der Waals surface area contributed by atoms with Crippen molar-refractivity contribution < 1.29 is 26.4 Å². The van der Waals surface area contributed by atoms with Crippen LogP contribution in [-0.2, 0) is 27.2 Å². The van der Waals surface area contributed by atoms with Gasteiger partial charge in [-0.15, -0.1) is 11.3 Å². The fourth-order valence-corrected chi connectivity index (χ4v) is 4.87. The predicted octanol–water partition coefficient (Wildman–Crippen LogP) is 2.42. The van der Waals surface area contributed by atoms with Gasteiger partial charge in [-0.05, 0) is 17.7 Å². The second-order valence-electron chi connectivity index (χ2n) is 6.48. The lowest BCUT2D eigenvalue weighted by molar-refractivity contribution is -0.137. The van der Waals surface area contributed by atoms with E-state index in [4.69, 9.17) is 0 Å². The van der Waals surface area contributed by atoms with Crippen molar-refractivity contribution in [2.24, 2.45) is 0 Å². The van der Waals surface area contributed by atoms with Gasteiger partial charge in [0.15, 0.2) is 15.0 Å². The molecular formula is C17H18F3N3O3S2. The number of benzene rings is 1. The molecule has 0 atom stereocenters. The van der Waals surface area contributed by atoms with E-state index >= 15 is 0 Å². The van der Waals surface area contributed by atoms with Crippen LogP contribution in [0, 0.1) is 0 Å². The van der Waals surface area contributed by atoms with Crippen molar-refractivity contribution in [1.82, 2.24) is 9.88 Å². The molecule has 11 heteroatoms. The van der Waals surface area contributed by atoms with Crippen molar-refractivity contribution in [3.05, 3.63) is 46.5 Å². The normalized spacial score (nSPS) is 17.4. The average molecular weight is 433 g/mol. The van der Waals surface area contributed by atoms with Gasteiger partial charge in [-0.25, -0.2) is 13.4 Å². The van der Waals surface area contributed by atoms with Crippen molar-refractivity contribution in [2.75, 3.05) is 36.5 Å². The smallest absolute Gasteiger partial charge is 0.301 e. The van der Waals surface area contributed by atoms with Gasteiger partial charge < -0.3 is 5.32 Å². The third-order valence-corrected chi connectivity index (χ3v) is 6.79. The lowest BCUT2D eigenvalue weighted by Crippen LogP contribution is -2.43. The second-order valence-corrected chi connectivity index (χ2v) is 9.90. The number of carbonyl (C=O) groups excluding carboxylic acids is 1. The molecule has 0 radical (unpaired) electrons. The number of sulfone groups is 1. The standard InChI is InChI=1S/C17H18F3N3O3S2/c18-17(19,20)13-3-1-12(2-4-13)9-14-10-21-16(27-14)22-15(24)11-23-5-7-28(25,26)8-6-23/h1-4,10H,5-9,11H2,(H,21,22,24). The molecule has 1 aromatic carbocycles. The van der Waals surface area contributed by atoms with Gasteiger partial charge in [-0.3, -0.25) is 9.69 Å². The number of rotatable bonds is 5. The van der Waals surface area contributed by atoms with Crippen LogP contribution >= 0.6 is 11.3 Å². The van der Waals surface area contributed by atoms with Crippen LogP contribution in [0.2, 0.25) is 0 Å². The third kappa shape index (κ3) is 5.76. The first kappa shape index (κ1) is 20.7. The first-order chi connectivity index (χ1) is 13.1. The van der Waals surface area contributed by atoms with Crippen molar-refractivity contribution in [3.8, 4) is 0 Å². The molecule has 1 amide bonds. The number of aromatic nitrogens is 1. The van der Waals surface area contributed by atoms with Crippen molar-refractivity contribution >= 4 is 32.2 Å². The summed E-state index contributed by atoms with van der Waals surface area (Å²) in [5.74, 6) is -0.182. The molecule has 0 spiro atoms. The Morgan fingerprint density at radius 1 is 1.18 bits per heavy atom. The average Bonchev–Trinajstić information content (AvgIpc) is 3.03. The molecule has 1 N–H and O–H groups in total. The Kier molecular flexibility index (Phi) is 6.06. The summed E-state index contributed by atoms with van der Waals surface area (Å²) in [6.07, 6.45) is -2.37. The molecule has 0 bridgehead atoms. The SMILES string of the molecule is O=C(CN1CCS(=O)(=O)CC1)Nc1ncc(Cc2ccc(C(F)(F)F)cc2)s1. The molecule has 2 heterocycles. The minimum absolute atomic E-state index is 0.0504. The molecule has 6 nitrogen and oxygen atoms in total. The Hall–Kier alpha value is -1.98. The molecule has 1 aliphatic heterocycles. The predicted molar refractivity (Wildman–Crippen MR) is 100 cm³/mol. The van der Waals surface area contributed by atoms with Crippen molar-refractivity contribution in [3.63, 3.8) is 0 Å². The first-order valence-electron chi connectivity index (χ1n) is 8.44. The van der Waals surface area contributed by atoms with Gasteiger partial charge in [-0.2, -0.15) is 13.2 Å². The van der Waals surface area contributed by atoms with Crippen LogP contribution in [0.25, 0.3) is 0 Å². The van der Waals surface area contributed by atoms with E-state index < -0.39 is 21.6 Å². The molecule has 1 aliphatic rings.